The number of carbonyl (C=O) groups excluding carboxylic acids is 7. The van der Waals surface area contributed by atoms with E-state index in [1.54, 1.807) is 12.1 Å². The lowest BCUT2D eigenvalue weighted by atomic mass is 9.96. The van der Waals surface area contributed by atoms with Gasteiger partial charge in [0.25, 0.3) is 5.91 Å². The van der Waals surface area contributed by atoms with Gasteiger partial charge in [-0.05, 0) is 84.5 Å². The summed E-state index contributed by atoms with van der Waals surface area (Å²) in [6.07, 6.45) is -12.6. The van der Waals surface area contributed by atoms with Crippen molar-refractivity contribution in [3.63, 3.8) is 0 Å². The van der Waals surface area contributed by atoms with Gasteiger partial charge in [0.2, 0.25) is 35.4 Å². The van der Waals surface area contributed by atoms with E-state index in [0.717, 1.165) is 70.9 Å². The number of aliphatic hydroxyl groups excluding tert-OH is 7. The number of carbonyl (C=O) groups is 7. The zero-order chi connectivity index (χ0) is 64.3. The maximum absolute atomic E-state index is 14.8. The zero-order valence-electron chi connectivity index (χ0n) is 50.6. The van der Waals surface area contributed by atoms with Crippen molar-refractivity contribution in [2.75, 3.05) is 54.0 Å². The van der Waals surface area contributed by atoms with E-state index in [4.69, 9.17) is 9.47 Å². The average Bonchev–Trinajstić information content (AvgIpc) is 2.08. The lowest BCUT2D eigenvalue weighted by Gasteiger charge is -2.34. The molecule has 3 fully saturated rings. The first-order chi connectivity index (χ1) is 41.6. The van der Waals surface area contributed by atoms with E-state index in [1.807, 2.05) is 69.7 Å². The highest BCUT2D eigenvalue weighted by Gasteiger charge is 2.50. The van der Waals surface area contributed by atoms with Crippen LogP contribution >= 0.6 is 0 Å². The van der Waals surface area contributed by atoms with Crippen molar-refractivity contribution in [3.05, 3.63) is 108 Å². The molecule has 4 aromatic rings. The number of amides is 7. The second kappa shape index (κ2) is 30.1. The van der Waals surface area contributed by atoms with Crippen molar-refractivity contribution in [1.29, 1.82) is 0 Å². The van der Waals surface area contributed by atoms with Gasteiger partial charge in [0.15, 0.2) is 6.23 Å². The Labute approximate surface area is 511 Å². The molecule has 3 aliphatic heterocycles. The van der Waals surface area contributed by atoms with E-state index in [1.165, 1.54) is 43.3 Å². The molecule has 88 heavy (non-hydrogen) atoms. The first-order valence-corrected chi connectivity index (χ1v) is 29.7. The predicted molar refractivity (Wildman–Crippen MR) is 320 cm³/mol. The van der Waals surface area contributed by atoms with Gasteiger partial charge >= 0.3 is 0 Å². The number of unbranched alkanes of at least 4 members (excludes halogenated alkanes) is 2. The van der Waals surface area contributed by atoms with Crippen LogP contribution in [0.5, 0.6) is 11.5 Å². The summed E-state index contributed by atoms with van der Waals surface area (Å²) in [5.74, 6) is -8.24. The fourth-order valence-electron chi connectivity index (χ4n) is 10.8. The van der Waals surface area contributed by atoms with Crippen molar-refractivity contribution in [1.82, 2.24) is 36.4 Å². The molecule has 25 heteroatoms. The SMILES string of the molecule is CCCCCOc1ccc(-c2ccc(-c3ccc(C(=O)N[C@H]4C[C@@H](O)[C@@H](OCC[N+](C)(C)C)NC(=O)[C@@H]5[C@@H](O)[C@@H](C)CN5C(=O)[C@H]([C@@H](C)O)NC(=O)C([C@H](O)[C@@H](O)c5ccc(O)cc5)NC(=O)[C@@H]5C[C@@H](O)CN5C(=O)C([C@@H](C)O)NC4=O)cc3)cc2)cc1. The molecule has 3 aliphatic rings. The van der Waals surface area contributed by atoms with Gasteiger partial charge in [0, 0.05) is 37.4 Å². The van der Waals surface area contributed by atoms with Crippen molar-refractivity contribution in [2.24, 2.45) is 5.92 Å². The van der Waals surface area contributed by atoms with Crippen molar-refractivity contribution in [3.8, 4) is 33.8 Å². The quantitative estimate of drug-likeness (QED) is 0.0453. The molecule has 0 radical (unpaired) electrons. The van der Waals surface area contributed by atoms with Crippen molar-refractivity contribution >= 4 is 41.4 Å². The van der Waals surface area contributed by atoms with Crippen LogP contribution in [0.4, 0.5) is 0 Å². The smallest absolute Gasteiger partial charge is 0.251 e. The van der Waals surface area contributed by atoms with Crippen LogP contribution in [-0.2, 0) is 33.5 Å². The molecule has 7 rings (SSSR count). The number of aromatic hydroxyl groups is 1. The molecule has 15 atom stereocenters. The van der Waals surface area contributed by atoms with Crippen LogP contribution in [0.1, 0.15) is 81.8 Å². The normalized spacial score (nSPS) is 26.7. The van der Waals surface area contributed by atoms with Gasteiger partial charge in [-0.25, -0.2) is 0 Å². The minimum atomic E-state index is -2.29. The molecule has 13 N–H and O–H groups in total. The van der Waals surface area contributed by atoms with Crippen LogP contribution in [0, 0.1) is 5.92 Å². The van der Waals surface area contributed by atoms with E-state index in [9.17, 15) is 74.4 Å². The van der Waals surface area contributed by atoms with Gasteiger partial charge in [0.05, 0.1) is 58.8 Å². The second-order valence-corrected chi connectivity index (χ2v) is 24.1. The molecule has 0 bridgehead atoms. The van der Waals surface area contributed by atoms with Gasteiger partial charge < -0.3 is 91.2 Å². The Morgan fingerprint density at radius 3 is 1.74 bits per heavy atom. The average molecular weight is 1230 g/mol. The number of ether oxygens (including phenoxy) is 2. The molecular formula is C63H85N8O17+. The maximum atomic E-state index is 14.8. The number of benzene rings is 4. The largest absolute Gasteiger partial charge is 0.508 e. The predicted octanol–water partition coefficient (Wildman–Crippen LogP) is -0.197. The number of aliphatic hydroxyl groups is 7. The van der Waals surface area contributed by atoms with Gasteiger partial charge in [-0.15, -0.1) is 0 Å². The summed E-state index contributed by atoms with van der Waals surface area (Å²) < 4.78 is 12.3. The first-order valence-electron chi connectivity index (χ1n) is 29.7. The standard InChI is InChI=1S/C63H84N8O17/c1-8-9-10-28-87-45-25-21-40(22-26-45)38-13-11-37(12-14-38)39-15-17-42(18-16-39)56(80)64-46-31-48(76)61(88-29-27-71(5,6)7)68-60(84)52-53(77)34(2)32-70(52)63(86)50(36(4)73)66-59(83)51(55(79)54(78)41-19-23-43(74)24-20-41)67-58(82)47-30-44(75)33-69(47)62(85)49(35(3)72)65-57(46)81/h11-26,34-36,44,46-55,61,72-73,75-79H,8-10,27-33H2,1-7H3,(H5-,64,65,66,67,68,74,80,81,82,83,84)/p+1/t34-,35+,36+,44+,46-,47-,48+,49?,50-,51?,52-,53-,54-,55-,61+/m0/s1. The number of nitrogens with one attached hydrogen (secondary N) is 5. The summed E-state index contributed by atoms with van der Waals surface area (Å²) in [6.45, 7) is 5.80. The fourth-order valence-corrected chi connectivity index (χ4v) is 10.8. The lowest BCUT2D eigenvalue weighted by molar-refractivity contribution is -0.870. The summed E-state index contributed by atoms with van der Waals surface area (Å²) in [6, 6.07) is 15.3. The number of nitrogens with zero attached hydrogens (tertiary/aromatic N) is 3. The molecule has 0 aromatic heterocycles. The number of quaternary nitrogens is 1. The van der Waals surface area contributed by atoms with Gasteiger partial charge in [0.1, 0.15) is 72.6 Å². The molecule has 478 valence electrons. The number of likely N-dealkylation sites (N-methyl/N-ethyl adjacent to an activating group) is 1. The number of hydrogen-bond donors (Lipinski definition) is 13. The number of phenolic OH excluding ortho intramolecular Hbond substituents is 1. The molecule has 0 spiro atoms. The van der Waals surface area contributed by atoms with Crippen LogP contribution in [0.2, 0.25) is 0 Å². The van der Waals surface area contributed by atoms with Gasteiger partial charge in [-0.3, -0.25) is 33.6 Å². The van der Waals surface area contributed by atoms with Crippen LogP contribution < -0.4 is 31.3 Å². The minimum Gasteiger partial charge on any atom is -0.508 e. The van der Waals surface area contributed by atoms with Crippen LogP contribution in [-0.4, -0.2) is 230 Å². The third-order valence-corrected chi connectivity index (χ3v) is 16.1. The van der Waals surface area contributed by atoms with E-state index < -0.39 is 152 Å². The Kier molecular flexibility index (Phi) is 23.2. The Bertz CT molecular complexity index is 3040. The van der Waals surface area contributed by atoms with E-state index in [0.29, 0.717) is 11.1 Å². The number of rotatable bonds is 18. The highest BCUT2D eigenvalue weighted by atomic mass is 16.5. The fraction of sp³-hybridized carbons (Fsp3) is 0.508. The van der Waals surface area contributed by atoms with Crippen LogP contribution in [0.25, 0.3) is 22.3 Å². The topological polar surface area (TPSA) is 366 Å². The van der Waals surface area contributed by atoms with Crippen molar-refractivity contribution in [2.45, 2.75) is 145 Å². The summed E-state index contributed by atoms with van der Waals surface area (Å²) in [5.41, 5.74) is 3.48. The summed E-state index contributed by atoms with van der Waals surface area (Å²) in [7, 11) is 5.52. The van der Waals surface area contributed by atoms with Crippen LogP contribution in [0.3, 0.4) is 0 Å². The molecule has 3 saturated heterocycles. The summed E-state index contributed by atoms with van der Waals surface area (Å²) in [4.78, 5) is 104. The lowest BCUT2D eigenvalue weighted by Crippen LogP contribution is -2.64. The molecule has 0 aliphatic carbocycles. The molecule has 4 aromatic carbocycles. The van der Waals surface area contributed by atoms with Gasteiger partial charge in [-0.1, -0.05) is 87.4 Å². The number of hydrogen-bond acceptors (Lipinski definition) is 17. The highest BCUT2D eigenvalue weighted by molar-refractivity contribution is 6.00. The Hall–Kier alpha value is -7.59. The molecule has 7 amide bonds. The molecule has 2 unspecified atom stereocenters. The Morgan fingerprint density at radius 2 is 1.18 bits per heavy atom. The van der Waals surface area contributed by atoms with Crippen molar-refractivity contribution < 1.29 is 88.4 Å². The van der Waals surface area contributed by atoms with Gasteiger partial charge in [-0.2, -0.15) is 0 Å². The van der Waals surface area contributed by atoms with E-state index >= 15 is 0 Å². The minimum absolute atomic E-state index is 0.0470. The second-order valence-electron chi connectivity index (χ2n) is 24.1. The van der Waals surface area contributed by atoms with Crippen LogP contribution in [0.15, 0.2) is 97.1 Å². The maximum Gasteiger partial charge on any atom is 0.251 e. The monoisotopic (exact) mass is 1230 g/mol. The Morgan fingerprint density at radius 1 is 0.648 bits per heavy atom. The zero-order valence-corrected chi connectivity index (χ0v) is 50.6. The summed E-state index contributed by atoms with van der Waals surface area (Å²) in [5, 5.41) is 103. The van der Waals surface area contributed by atoms with E-state index in [-0.39, 0.29) is 36.6 Å². The highest BCUT2D eigenvalue weighted by Crippen LogP contribution is 2.30. The molecule has 0 saturated carbocycles. The third kappa shape index (κ3) is 17.2. The van der Waals surface area contributed by atoms with E-state index in [2.05, 4.69) is 33.5 Å². The number of fused-ring (bicyclic) bond motifs is 2. The molecular weight excluding hydrogens is 1140 g/mol. The first kappa shape index (κ1) is 67.9. The number of phenols is 1. The molecule has 3 heterocycles. The Balaban J connectivity index is 1.23. The molecule has 25 nitrogen and oxygen atoms in total. The third-order valence-electron chi connectivity index (χ3n) is 16.1. The summed E-state index contributed by atoms with van der Waals surface area (Å²) >= 11 is 0.